The van der Waals surface area contributed by atoms with E-state index in [-0.39, 0.29) is 11.8 Å². The SMILES string of the molecule is COC(=O)C1(CCc2cc(C)cc(OC)c2)C=CC(=O)C=C1. The number of carbonyl (C=O) groups is 2. The molecule has 1 aromatic carbocycles. The van der Waals surface area contributed by atoms with Crippen LogP contribution in [0.2, 0.25) is 0 Å². The van der Waals surface area contributed by atoms with Crippen molar-refractivity contribution in [2.24, 2.45) is 5.41 Å². The van der Waals surface area contributed by atoms with E-state index < -0.39 is 5.41 Å². The summed E-state index contributed by atoms with van der Waals surface area (Å²) < 4.78 is 10.2. The number of allylic oxidation sites excluding steroid dienone is 2. The number of carbonyl (C=O) groups excluding carboxylic acids is 2. The van der Waals surface area contributed by atoms with Crippen LogP contribution in [0, 0.1) is 12.3 Å². The lowest BCUT2D eigenvalue weighted by Crippen LogP contribution is -2.31. The van der Waals surface area contributed by atoms with Crippen molar-refractivity contribution in [2.75, 3.05) is 14.2 Å². The number of rotatable bonds is 5. The van der Waals surface area contributed by atoms with Crippen molar-refractivity contribution in [1.29, 1.82) is 0 Å². The van der Waals surface area contributed by atoms with E-state index in [0.29, 0.717) is 12.8 Å². The summed E-state index contributed by atoms with van der Waals surface area (Å²) in [7, 11) is 2.99. The van der Waals surface area contributed by atoms with Gasteiger partial charge in [0.2, 0.25) is 0 Å². The number of hydrogen-bond donors (Lipinski definition) is 0. The van der Waals surface area contributed by atoms with Crippen LogP contribution in [-0.4, -0.2) is 26.0 Å². The van der Waals surface area contributed by atoms with Gasteiger partial charge in [-0.05, 0) is 55.2 Å². The average molecular weight is 300 g/mol. The molecule has 0 fully saturated rings. The van der Waals surface area contributed by atoms with Gasteiger partial charge in [-0.2, -0.15) is 0 Å². The molecular weight excluding hydrogens is 280 g/mol. The highest BCUT2D eigenvalue weighted by Crippen LogP contribution is 2.32. The van der Waals surface area contributed by atoms with E-state index in [0.717, 1.165) is 16.9 Å². The van der Waals surface area contributed by atoms with E-state index in [1.54, 1.807) is 19.3 Å². The van der Waals surface area contributed by atoms with Crippen molar-refractivity contribution in [1.82, 2.24) is 0 Å². The van der Waals surface area contributed by atoms with Gasteiger partial charge >= 0.3 is 5.97 Å². The molecule has 0 saturated carbocycles. The predicted octanol–water partition coefficient (Wildman–Crippen LogP) is 2.79. The van der Waals surface area contributed by atoms with Crippen LogP contribution in [0.5, 0.6) is 5.75 Å². The Morgan fingerprint density at radius 3 is 2.41 bits per heavy atom. The molecule has 0 bridgehead atoms. The summed E-state index contributed by atoms with van der Waals surface area (Å²) in [6.07, 6.45) is 7.33. The van der Waals surface area contributed by atoms with Gasteiger partial charge in [0, 0.05) is 0 Å². The summed E-state index contributed by atoms with van der Waals surface area (Å²) >= 11 is 0. The maximum Gasteiger partial charge on any atom is 0.319 e. The minimum absolute atomic E-state index is 0.114. The molecule has 2 rings (SSSR count). The minimum Gasteiger partial charge on any atom is -0.497 e. The third-order valence-corrected chi connectivity index (χ3v) is 3.83. The molecule has 4 heteroatoms. The highest BCUT2D eigenvalue weighted by atomic mass is 16.5. The van der Waals surface area contributed by atoms with E-state index in [9.17, 15) is 9.59 Å². The zero-order valence-corrected chi connectivity index (χ0v) is 13.1. The molecule has 0 saturated heterocycles. The van der Waals surface area contributed by atoms with Crippen LogP contribution in [0.4, 0.5) is 0 Å². The zero-order chi connectivity index (χ0) is 16.2. The number of ketones is 1. The summed E-state index contributed by atoms with van der Waals surface area (Å²) in [5, 5.41) is 0. The fourth-order valence-electron chi connectivity index (χ4n) is 2.61. The Morgan fingerprint density at radius 2 is 1.82 bits per heavy atom. The summed E-state index contributed by atoms with van der Waals surface area (Å²) in [6.45, 7) is 2.00. The molecule has 116 valence electrons. The Balaban J connectivity index is 2.21. The molecule has 22 heavy (non-hydrogen) atoms. The van der Waals surface area contributed by atoms with Gasteiger partial charge in [-0.15, -0.1) is 0 Å². The molecule has 0 aromatic heterocycles. The number of methoxy groups -OCH3 is 2. The van der Waals surface area contributed by atoms with Gasteiger partial charge in [0.05, 0.1) is 14.2 Å². The van der Waals surface area contributed by atoms with Crippen molar-refractivity contribution in [3.8, 4) is 5.75 Å². The number of ether oxygens (including phenoxy) is 2. The van der Waals surface area contributed by atoms with Crippen molar-refractivity contribution in [3.05, 3.63) is 53.6 Å². The normalized spacial score (nSPS) is 15.7. The van der Waals surface area contributed by atoms with Crippen LogP contribution in [0.25, 0.3) is 0 Å². The maximum atomic E-state index is 12.1. The van der Waals surface area contributed by atoms with Gasteiger partial charge in [-0.1, -0.05) is 18.2 Å². The second-order valence-corrected chi connectivity index (χ2v) is 5.46. The Bertz CT molecular complexity index is 624. The van der Waals surface area contributed by atoms with Crippen LogP contribution in [0.1, 0.15) is 17.5 Å². The van der Waals surface area contributed by atoms with E-state index >= 15 is 0 Å². The van der Waals surface area contributed by atoms with Gasteiger partial charge in [-0.3, -0.25) is 9.59 Å². The van der Waals surface area contributed by atoms with Gasteiger partial charge < -0.3 is 9.47 Å². The van der Waals surface area contributed by atoms with E-state index in [4.69, 9.17) is 9.47 Å². The quantitative estimate of drug-likeness (QED) is 0.785. The summed E-state index contributed by atoms with van der Waals surface area (Å²) in [5.74, 6) is 0.330. The fraction of sp³-hybridized carbons (Fsp3) is 0.333. The number of esters is 1. The molecule has 0 heterocycles. The van der Waals surface area contributed by atoms with Crippen LogP contribution in [0.3, 0.4) is 0 Å². The molecule has 0 amide bonds. The molecule has 1 aliphatic rings. The van der Waals surface area contributed by atoms with E-state index in [2.05, 4.69) is 6.07 Å². The second kappa shape index (κ2) is 6.60. The van der Waals surface area contributed by atoms with Crippen LogP contribution in [-0.2, 0) is 20.7 Å². The van der Waals surface area contributed by atoms with Crippen molar-refractivity contribution in [2.45, 2.75) is 19.8 Å². The smallest absolute Gasteiger partial charge is 0.319 e. The van der Waals surface area contributed by atoms with Crippen molar-refractivity contribution in [3.63, 3.8) is 0 Å². The third-order valence-electron chi connectivity index (χ3n) is 3.83. The molecule has 0 spiro atoms. The first kappa shape index (κ1) is 16.0. The number of hydrogen-bond acceptors (Lipinski definition) is 4. The lowest BCUT2D eigenvalue weighted by molar-refractivity contribution is -0.147. The molecule has 0 N–H and O–H groups in total. The molecule has 0 radical (unpaired) electrons. The maximum absolute atomic E-state index is 12.1. The molecule has 0 unspecified atom stereocenters. The lowest BCUT2D eigenvalue weighted by Gasteiger charge is -2.26. The predicted molar refractivity (Wildman–Crippen MR) is 83.8 cm³/mol. The largest absolute Gasteiger partial charge is 0.497 e. The van der Waals surface area contributed by atoms with Gasteiger partial charge in [0.1, 0.15) is 11.2 Å². The zero-order valence-electron chi connectivity index (χ0n) is 13.1. The summed E-state index contributed by atoms with van der Waals surface area (Å²) in [4.78, 5) is 23.5. The summed E-state index contributed by atoms with van der Waals surface area (Å²) in [5.41, 5.74) is 1.31. The number of benzene rings is 1. The van der Waals surface area contributed by atoms with E-state index in [1.807, 2.05) is 19.1 Å². The first-order chi connectivity index (χ1) is 10.5. The molecule has 0 atom stereocenters. The van der Waals surface area contributed by atoms with Crippen LogP contribution < -0.4 is 4.74 Å². The molecular formula is C18H20O4. The Labute approximate surface area is 130 Å². The van der Waals surface area contributed by atoms with Gasteiger partial charge in [0.15, 0.2) is 5.78 Å². The molecule has 1 aliphatic carbocycles. The standard InChI is InChI=1S/C18H20O4/c1-13-10-14(12-16(11-13)21-2)4-7-18(17(20)22-3)8-5-15(19)6-9-18/h5-6,8-12H,4,7H2,1-3H3. The molecule has 0 aliphatic heterocycles. The van der Waals surface area contributed by atoms with Crippen molar-refractivity contribution >= 4 is 11.8 Å². The van der Waals surface area contributed by atoms with Gasteiger partial charge in [-0.25, -0.2) is 0 Å². The number of aryl methyl sites for hydroxylation is 2. The van der Waals surface area contributed by atoms with E-state index in [1.165, 1.54) is 19.3 Å². The first-order valence-electron chi connectivity index (χ1n) is 7.14. The molecule has 4 nitrogen and oxygen atoms in total. The Morgan fingerprint density at radius 1 is 1.14 bits per heavy atom. The minimum atomic E-state index is -0.875. The Kier molecular flexibility index (Phi) is 4.81. The second-order valence-electron chi connectivity index (χ2n) is 5.46. The fourth-order valence-corrected chi connectivity index (χ4v) is 2.61. The highest BCUT2D eigenvalue weighted by Gasteiger charge is 2.35. The topological polar surface area (TPSA) is 52.6 Å². The van der Waals surface area contributed by atoms with Crippen molar-refractivity contribution < 1.29 is 19.1 Å². The monoisotopic (exact) mass is 300 g/mol. The molecule has 1 aromatic rings. The third kappa shape index (κ3) is 3.45. The Hall–Kier alpha value is -2.36. The van der Waals surface area contributed by atoms with Gasteiger partial charge in [0.25, 0.3) is 0 Å². The lowest BCUT2D eigenvalue weighted by atomic mass is 9.79. The highest BCUT2D eigenvalue weighted by molar-refractivity contribution is 6.02. The first-order valence-corrected chi connectivity index (χ1v) is 7.14. The summed E-state index contributed by atoms with van der Waals surface area (Å²) in [6, 6.07) is 5.98. The van der Waals surface area contributed by atoms with Crippen LogP contribution >= 0.6 is 0 Å². The van der Waals surface area contributed by atoms with Crippen LogP contribution in [0.15, 0.2) is 42.5 Å². The average Bonchev–Trinajstić information content (AvgIpc) is 2.53.